The van der Waals surface area contributed by atoms with Gasteiger partial charge < -0.3 is 5.32 Å². The Labute approximate surface area is 93.7 Å². The molecule has 0 radical (unpaired) electrons. The SMILES string of the molecule is O=C1c2ccsc2CCC12CCCCN2. The van der Waals surface area contributed by atoms with Crippen LogP contribution >= 0.6 is 11.3 Å². The van der Waals surface area contributed by atoms with Crippen molar-refractivity contribution in [2.45, 2.75) is 37.6 Å². The zero-order valence-electron chi connectivity index (χ0n) is 8.71. The van der Waals surface area contributed by atoms with E-state index in [2.05, 4.69) is 5.32 Å². The Balaban J connectivity index is 1.98. The summed E-state index contributed by atoms with van der Waals surface area (Å²) in [6.07, 6.45) is 5.51. The molecule has 3 heteroatoms. The van der Waals surface area contributed by atoms with Crippen molar-refractivity contribution in [1.29, 1.82) is 0 Å². The number of fused-ring (bicyclic) bond motifs is 1. The Bertz CT molecular complexity index is 390. The monoisotopic (exact) mass is 221 g/mol. The first-order valence-electron chi connectivity index (χ1n) is 5.68. The molecule has 3 rings (SSSR count). The third-order valence-electron chi connectivity index (χ3n) is 3.70. The second-order valence-electron chi connectivity index (χ2n) is 4.55. The van der Waals surface area contributed by atoms with Gasteiger partial charge in [0.15, 0.2) is 5.78 Å². The maximum absolute atomic E-state index is 12.4. The highest BCUT2D eigenvalue weighted by atomic mass is 32.1. The molecule has 1 N–H and O–H groups in total. The highest BCUT2D eigenvalue weighted by Crippen LogP contribution is 2.36. The summed E-state index contributed by atoms with van der Waals surface area (Å²) in [6, 6.07) is 2.00. The molecule has 1 fully saturated rings. The van der Waals surface area contributed by atoms with Crippen molar-refractivity contribution in [1.82, 2.24) is 5.32 Å². The average Bonchev–Trinajstić information content (AvgIpc) is 2.74. The van der Waals surface area contributed by atoms with Crippen LogP contribution in [0.1, 0.15) is 40.9 Å². The van der Waals surface area contributed by atoms with Crippen LogP contribution in [0.4, 0.5) is 0 Å². The van der Waals surface area contributed by atoms with Crippen molar-refractivity contribution in [3.63, 3.8) is 0 Å². The number of carbonyl (C=O) groups is 1. The van der Waals surface area contributed by atoms with Gasteiger partial charge in [-0.3, -0.25) is 4.79 Å². The van der Waals surface area contributed by atoms with Crippen molar-refractivity contribution in [3.05, 3.63) is 21.9 Å². The summed E-state index contributed by atoms with van der Waals surface area (Å²) in [5, 5.41) is 5.52. The summed E-state index contributed by atoms with van der Waals surface area (Å²) in [5.41, 5.74) is 0.785. The number of thiophene rings is 1. The zero-order chi connectivity index (χ0) is 10.3. The highest BCUT2D eigenvalue weighted by Gasteiger charge is 2.43. The van der Waals surface area contributed by atoms with Gasteiger partial charge in [0.2, 0.25) is 0 Å². The molecule has 2 heterocycles. The molecule has 1 aromatic heterocycles. The molecule has 1 atom stereocenters. The molecule has 2 aliphatic rings. The van der Waals surface area contributed by atoms with Gasteiger partial charge in [-0.1, -0.05) is 0 Å². The van der Waals surface area contributed by atoms with Gasteiger partial charge in [0.1, 0.15) is 0 Å². The van der Waals surface area contributed by atoms with Crippen LogP contribution in [0, 0.1) is 0 Å². The number of Topliss-reactive ketones (excluding diaryl/α,β-unsaturated/α-hetero) is 1. The van der Waals surface area contributed by atoms with Gasteiger partial charge in [0.05, 0.1) is 5.54 Å². The molecular formula is C12H15NOS. The van der Waals surface area contributed by atoms with Crippen molar-refractivity contribution >= 4 is 17.1 Å². The number of carbonyl (C=O) groups excluding carboxylic acids is 1. The Morgan fingerprint density at radius 3 is 3.07 bits per heavy atom. The normalized spacial score (nSPS) is 30.5. The molecule has 1 aliphatic carbocycles. The minimum atomic E-state index is -0.202. The fraction of sp³-hybridized carbons (Fsp3) is 0.583. The van der Waals surface area contributed by atoms with Gasteiger partial charge in [-0.05, 0) is 50.1 Å². The number of aryl methyl sites for hydroxylation is 1. The van der Waals surface area contributed by atoms with Crippen molar-refractivity contribution in [3.8, 4) is 0 Å². The molecule has 0 amide bonds. The summed E-state index contributed by atoms with van der Waals surface area (Å²) in [5.74, 6) is 0.352. The first-order valence-corrected chi connectivity index (χ1v) is 6.56. The van der Waals surface area contributed by atoms with Gasteiger partial charge in [0, 0.05) is 10.4 Å². The van der Waals surface area contributed by atoms with E-state index in [0.717, 1.165) is 31.4 Å². The van der Waals surface area contributed by atoms with Crippen LogP contribution in [0.15, 0.2) is 11.4 Å². The summed E-state index contributed by atoms with van der Waals surface area (Å²) in [6.45, 7) is 1.01. The van der Waals surface area contributed by atoms with Crippen LogP contribution in [-0.4, -0.2) is 17.9 Å². The molecule has 0 aromatic carbocycles. The van der Waals surface area contributed by atoms with Gasteiger partial charge in [-0.2, -0.15) is 0 Å². The molecule has 1 spiro atoms. The zero-order valence-corrected chi connectivity index (χ0v) is 9.53. The van der Waals surface area contributed by atoms with Crippen LogP contribution in [0.25, 0.3) is 0 Å². The fourth-order valence-electron chi connectivity index (χ4n) is 2.81. The molecule has 2 nitrogen and oxygen atoms in total. The average molecular weight is 221 g/mol. The molecule has 1 aromatic rings. The summed E-state index contributed by atoms with van der Waals surface area (Å²) >= 11 is 1.73. The first kappa shape index (κ1) is 9.55. The number of rotatable bonds is 0. The van der Waals surface area contributed by atoms with Crippen LogP contribution in [0.2, 0.25) is 0 Å². The van der Waals surface area contributed by atoms with E-state index >= 15 is 0 Å². The van der Waals surface area contributed by atoms with E-state index < -0.39 is 0 Å². The second-order valence-corrected chi connectivity index (χ2v) is 5.55. The number of nitrogens with one attached hydrogen (secondary N) is 1. The largest absolute Gasteiger partial charge is 0.305 e. The second kappa shape index (κ2) is 3.42. The van der Waals surface area contributed by atoms with E-state index in [1.165, 1.54) is 17.7 Å². The van der Waals surface area contributed by atoms with Crippen molar-refractivity contribution in [2.75, 3.05) is 6.54 Å². The van der Waals surface area contributed by atoms with Crippen LogP contribution in [0.5, 0.6) is 0 Å². The lowest BCUT2D eigenvalue weighted by atomic mass is 9.75. The maximum Gasteiger partial charge on any atom is 0.183 e. The Hall–Kier alpha value is -0.670. The lowest BCUT2D eigenvalue weighted by Gasteiger charge is -2.39. The quantitative estimate of drug-likeness (QED) is 0.729. The predicted molar refractivity (Wildman–Crippen MR) is 61.6 cm³/mol. The van der Waals surface area contributed by atoms with E-state index in [9.17, 15) is 4.79 Å². The molecule has 1 unspecified atom stereocenters. The first-order chi connectivity index (χ1) is 7.32. The van der Waals surface area contributed by atoms with Gasteiger partial charge >= 0.3 is 0 Å². The lowest BCUT2D eigenvalue weighted by Crippen LogP contribution is -2.56. The molecule has 0 bridgehead atoms. The van der Waals surface area contributed by atoms with Gasteiger partial charge in [-0.15, -0.1) is 11.3 Å². The minimum Gasteiger partial charge on any atom is -0.305 e. The van der Waals surface area contributed by atoms with E-state index in [1.807, 2.05) is 11.4 Å². The molecule has 1 aliphatic heterocycles. The molecule has 80 valence electrons. The van der Waals surface area contributed by atoms with E-state index in [0.29, 0.717) is 5.78 Å². The van der Waals surface area contributed by atoms with E-state index in [4.69, 9.17) is 0 Å². The van der Waals surface area contributed by atoms with Crippen molar-refractivity contribution in [2.24, 2.45) is 0 Å². The van der Waals surface area contributed by atoms with Crippen LogP contribution in [0.3, 0.4) is 0 Å². The number of hydrogen-bond acceptors (Lipinski definition) is 3. The maximum atomic E-state index is 12.4. The Kier molecular flexibility index (Phi) is 2.18. The van der Waals surface area contributed by atoms with E-state index in [-0.39, 0.29) is 5.54 Å². The van der Waals surface area contributed by atoms with Gasteiger partial charge in [-0.25, -0.2) is 0 Å². The van der Waals surface area contributed by atoms with Gasteiger partial charge in [0.25, 0.3) is 0 Å². The topological polar surface area (TPSA) is 29.1 Å². The molecule has 1 saturated heterocycles. The van der Waals surface area contributed by atoms with Crippen molar-refractivity contribution < 1.29 is 4.79 Å². The van der Waals surface area contributed by atoms with Crippen LogP contribution in [-0.2, 0) is 6.42 Å². The standard InChI is InChI=1S/C12H15NOS/c14-11-9-4-8-15-10(9)3-6-12(11)5-1-2-7-13-12/h4,8,13H,1-3,5-7H2. The number of ketones is 1. The third-order valence-corrected chi connectivity index (χ3v) is 4.68. The number of hydrogen-bond donors (Lipinski definition) is 1. The smallest absolute Gasteiger partial charge is 0.183 e. The lowest BCUT2D eigenvalue weighted by molar-refractivity contribution is 0.0784. The number of piperidine rings is 1. The Morgan fingerprint density at radius 1 is 1.33 bits per heavy atom. The van der Waals surface area contributed by atoms with Crippen LogP contribution < -0.4 is 5.32 Å². The fourth-order valence-corrected chi connectivity index (χ4v) is 3.69. The minimum absolute atomic E-state index is 0.202. The molecular weight excluding hydrogens is 206 g/mol. The van der Waals surface area contributed by atoms with E-state index in [1.54, 1.807) is 11.3 Å². The molecule has 0 saturated carbocycles. The summed E-state index contributed by atoms with van der Waals surface area (Å²) in [4.78, 5) is 13.7. The molecule has 15 heavy (non-hydrogen) atoms. The Morgan fingerprint density at radius 2 is 2.27 bits per heavy atom. The summed E-state index contributed by atoms with van der Waals surface area (Å²) in [7, 11) is 0. The predicted octanol–water partition coefficient (Wildman–Crippen LogP) is 2.39. The summed E-state index contributed by atoms with van der Waals surface area (Å²) < 4.78 is 0. The third kappa shape index (κ3) is 1.37. The highest BCUT2D eigenvalue weighted by molar-refractivity contribution is 7.10.